The van der Waals surface area contributed by atoms with E-state index in [-0.39, 0.29) is 0 Å². The fourth-order valence-electron chi connectivity index (χ4n) is 1.71. The number of nitrogens with two attached hydrogens (primary N) is 1. The number of rotatable bonds is 6. The summed E-state index contributed by atoms with van der Waals surface area (Å²) in [6.45, 7) is 1.24. The van der Waals surface area contributed by atoms with Gasteiger partial charge in [0.05, 0.1) is 5.02 Å². The normalized spacial score (nSPS) is 10.3. The highest BCUT2D eigenvalue weighted by molar-refractivity contribution is 9.10. The Morgan fingerprint density at radius 3 is 2.40 bits per heavy atom. The molecule has 106 valence electrons. The monoisotopic (exact) mass is 355 g/mol. The molecule has 0 saturated heterocycles. The van der Waals surface area contributed by atoms with Crippen molar-refractivity contribution in [3.8, 4) is 11.5 Å². The first-order chi connectivity index (χ1) is 9.70. The first-order valence-electron chi connectivity index (χ1n) is 6.19. The Hall–Kier alpha value is -1.23. The van der Waals surface area contributed by atoms with Gasteiger partial charge in [-0.25, -0.2) is 0 Å². The van der Waals surface area contributed by atoms with Crippen molar-refractivity contribution in [2.45, 2.75) is 6.54 Å². The Morgan fingerprint density at radius 1 is 1.00 bits per heavy atom. The van der Waals surface area contributed by atoms with Crippen molar-refractivity contribution in [3.63, 3.8) is 0 Å². The molecular weight excluding hydrogens is 342 g/mol. The second-order valence-corrected chi connectivity index (χ2v) is 5.41. The highest BCUT2D eigenvalue weighted by atomic mass is 79.9. The maximum absolute atomic E-state index is 6.09. The van der Waals surface area contributed by atoms with Crippen LogP contribution in [0.2, 0.25) is 5.02 Å². The average molecular weight is 357 g/mol. The number of para-hydroxylation sites is 1. The van der Waals surface area contributed by atoms with Crippen LogP contribution in [-0.4, -0.2) is 13.2 Å². The van der Waals surface area contributed by atoms with Crippen molar-refractivity contribution in [2.75, 3.05) is 13.2 Å². The summed E-state index contributed by atoms with van der Waals surface area (Å²) in [6, 6.07) is 13.2. The van der Waals surface area contributed by atoms with Crippen LogP contribution in [0.1, 0.15) is 5.56 Å². The number of hydrogen-bond acceptors (Lipinski definition) is 3. The molecular formula is C15H15BrClNO2. The number of hydrogen-bond donors (Lipinski definition) is 1. The minimum atomic E-state index is 0.392. The minimum absolute atomic E-state index is 0.392. The van der Waals surface area contributed by atoms with Gasteiger partial charge >= 0.3 is 0 Å². The first kappa shape index (κ1) is 15.2. The number of ether oxygens (including phenoxy) is 2. The van der Waals surface area contributed by atoms with E-state index in [1.54, 1.807) is 6.07 Å². The molecule has 0 aliphatic rings. The molecule has 0 aromatic heterocycles. The molecule has 2 N–H and O–H groups in total. The van der Waals surface area contributed by atoms with Crippen LogP contribution in [0.25, 0.3) is 0 Å². The average Bonchev–Trinajstić information content (AvgIpc) is 2.46. The molecule has 0 aliphatic heterocycles. The topological polar surface area (TPSA) is 44.5 Å². The second-order valence-electron chi connectivity index (χ2n) is 4.08. The Labute approximate surface area is 131 Å². The zero-order valence-corrected chi connectivity index (χ0v) is 13.2. The molecule has 20 heavy (non-hydrogen) atoms. The Kier molecular flexibility index (Phi) is 5.71. The molecule has 0 bridgehead atoms. The van der Waals surface area contributed by atoms with Crippen molar-refractivity contribution in [1.82, 2.24) is 0 Å². The van der Waals surface area contributed by atoms with E-state index in [4.69, 9.17) is 26.8 Å². The molecule has 0 fully saturated rings. The van der Waals surface area contributed by atoms with E-state index in [1.807, 2.05) is 36.4 Å². The third-order valence-electron chi connectivity index (χ3n) is 2.68. The third-order valence-corrected chi connectivity index (χ3v) is 3.51. The van der Waals surface area contributed by atoms with Crippen LogP contribution in [0.4, 0.5) is 0 Å². The van der Waals surface area contributed by atoms with Crippen molar-refractivity contribution in [2.24, 2.45) is 5.73 Å². The van der Waals surface area contributed by atoms with Gasteiger partial charge in [0, 0.05) is 16.6 Å². The van der Waals surface area contributed by atoms with Crippen LogP contribution in [0.15, 0.2) is 46.9 Å². The van der Waals surface area contributed by atoms with Gasteiger partial charge in [0.15, 0.2) is 0 Å². The summed E-state index contributed by atoms with van der Waals surface area (Å²) in [6.07, 6.45) is 0. The van der Waals surface area contributed by atoms with Gasteiger partial charge < -0.3 is 15.2 Å². The van der Waals surface area contributed by atoms with E-state index in [0.717, 1.165) is 15.8 Å². The zero-order valence-electron chi connectivity index (χ0n) is 10.8. The Bertz CT molecular complexity index is 560. The lowest BCUT2D eigenvalue weighted by Crippen LogP contribution is -2.11. The van der Waals surface area contributed by atoms with Gasteiger partial charge in [-0.15, -0.1) is 0 Å². The van der Waals surface area contributed by atoms with Crippen LogP contribution in [0.5, 0.6) is 11.5 Å². The second kappa shape index (κ2) is 7.53. The maximum Gasteiger partial charge on any atom is 0.142 e. The summed E-state index contributed by atoms with van der Waals surface area (Å²) in [4.78, 5) is 0. The van der Waals surface area contributed by atoms with Crippen molar-refractivity contribution >= 4 is 27.5 Å². The molecule has 0 saturated carbocycles. The van der Waals surface area contributed by atoms with Gasteiger partial charge in [-0.3, -0.25) is 0 Å². The lowest BCUT2D eigenvalue weighted by Gasteiger charge is -2.12. The highest BCUT2D eigenvalue weighted by Crippen LogP contribution is 2.28. The van der Waals surface area contributed by atoms with Gasteiger partial charge in [0.1, 0.15) is 24.7 Å². The summed E-state index contributed by atoms with van der Waals surface area (Å²) in [5, 5.41) is 0.566. The molecule has 0 heterocycles. The standard InChI is InChI=1S/C15H15BrClNO2/c16-12-4-6-13(7-5-12)19-8-9-20-15-11(10-18)2-1-3-14(15)17/h1-7H,8-10,18H2. The van der Waals surface area contributed by atoms with E-state index >= 15 is 0 Å². The summed E-state index contributed by atoms with van der Waals surface area (Å²) in [5.74, 6) is 1.44. The molecule has 0 spiro atoms. The highest BCUT2D eigenvalue weighted by Gasteiger charge is 2.06. The predicted octanol–water partition coefficient (Wildman–Crippen LogP) is 4.02. The molecule has 0 atom stereocenters. The Balaban J connectivity index is 1.86. The van der Waals surface area contributed by atoms with E-state index in [9.17, 15) is 0 Å². The van der Waals surface area contributed by atoms with Crippen LogP contribution in [0, 0.1) is 0 Å². The zero-order chi connectivity index (χ0) is 14.4. The van der Waals surface area contributed by atoms with Gasteiger partial charge in [-0.2, -0.15) is 0 Å². The molecule has 2 aromatic carbocycles. The summed E-state index contributed by atoms with van der Waals surface area (Å²) in [7, 11) is 0. The quantitative estimate of drug-likeness (QED) is 0.795. The molecule has 2 aromatic rings. The largest absolute Gasteiger partial charge is 0.490 e. The van der Waals surface area contributed by atoms with Crippen molar-refractivity contribution in [3.05, 3.63) is 57.5 Å². The molecule has 0 aliphatic carbocycles. The smallest absolute Gasteiger partial charge is 0.142 e. The predicted molar refractivity (Wildman–Crippen MR) is 84.5 cm³/mol. The van der Waals surface area contributed by atoms with Crippen LogP contribution in [0.3, 0.4) is 0 Å². The number of halogens is 2. The fourth-order valence-corrected chi connectivity index (χ4v) is 2.22. The van der Waals surface area contributed by atoms with Gasteiger partial charge in [-0.05, 0) is 30.3 Å². The van der Waals surface area contributed by atoms with Crippen LogP contribution < -0.4 is 15.2 Å². The van der Waals surface area contributed by atoms with E-state index in [0.29, 0.717) is 30.5 Å². The molecule has 3 nitrogen and oxygen atoms in total. The van der Waals surface area contributed by atoms with E-state index < -0.39 is 0 Å². The van der Waals surface area contributed by atoms with Crippen molar-refractivity contribution in [1.29, 1.82) is 0 Å². The van der Waals surface area contributed by atoms with Crippen LogP contribution >= 0.6 is 27.5 Å². The Morgan fingerprint density at radius 2 is 1.70 bits per heavy atom. The minimum Gasteiger partial charge on any atom is -0.490 e. The lowest BCUT2D eigenvalue weighted by molar-refractivity contribution is 0.216. The molecule has 5 heteroatoms. The fraction of sp³-hybridized carbons (Fsp3) is 0.200. The lowest BCUT2D eigenvalue weighted by atomic mass is 10.2. The van der Waals surface area contributed by atoms with E-state index in [1.165, 1.54) is 0 Å². The summed E-state index contributed by atoms with van der Waals surface area (Å²) >= 11 is 9.47. The summed E-state index contributed by atoms with van der Waals surface area (Å²) in [5.41, 5.74) is 6.54. The number of benzene rings is 2. The van der Waals surface area contributed by atoms with E-state index in [2.05, 4.69) is 15.9 Å². The molecule has 0 radical (unpaired) electrons. The first-order valence-corrected chi connectivity index (χ1v) is 7.36. The SMILES string of the molecule is NCc1cccc(Cl)c1OCCOc1ccc(Br)cc1. The van der Waals surface area contributed by atoms with Gasteiger partial charge in [-0.1, -0.05) is 39.7 Å². The molecule has 2 rings (SSSR count). The molecule has 0 unspecified atom stereocenters. The van der Waals surface area contributed by atoms with Crippen molar-refractivity contribution < 1.29 is 9.47 Å². The molecule has 0 amide bonds. The van der Waals surface area contributed by atoms with Gasteiger partial charge in [0.2, 0.25) is 0 Å². The van der Waals surface area contributed by atoms with Crippen LogP contribution in [-0.2, 0) is 6.54 Å². The maximum atomic E-state index is 6.09. The third kappa shape index (κ3) is 4.13. The van der Waals surface area contributed by atoms with Gasteiger partial charge in [0.25, 0.3) is 0 Å². The summed E-state index contributed by atoms with van der Waals surface area (Å²) < 4.78 is 12.3.